The lowest BCUT2D eigenvalue weighted by Gasteiger charge is -2.16. The van der Waals surface area contributed by atoms with Crippen LogP contribution in [-0.4, -0.2) is 14.2 Å². The normalized spacial score (nSPS) is 12.3. The predicted molar refractivity (Wildman–Crippen MR) is 77.4 cm³/mol. The summed E-state index contributed by atoms with van der Waals surface area (Å²) in [6.07, 6.45) is 2.22. The van der Waals surface area contributed by atoms with Crippen molar-refractivity contribution in [3.8, 4) is 5.75 Å². The van der Waals surface area contributed by atoms with Crippen LogP contribution in [0.15, 0.2) is 41.1 Å². The van der Waals surface area contributed by atoms with Gasteiger partial charge in [0, 0.05) is 6.04 Å². The maximum Gasteiger partial charge on any atom is 0.118 e. The minimum atomic E-state index is 0.399. The summed E-state index contributed by atoms with van der Waals surface area (Å²) in [6.45, 7) is 0. The molecule has 0 bridgehead atoms. The van der Waals surface area contributed by atoms with Gasteiger partial charge in [-0.2, -0.15) is 11.3 Å². The maximum atomic E-state index is 5.18. The Kier molecular flexibility index (Phi) is 4.79. The van der Waals surface area contributed by atoms with Crippen molar-refractivity contribution < 1.29 is 4.74 Å². The van der Waals surface area contributed by atoms with Gasteiger partial charge in [-0.1, -0.05) is 12.1 Å². The molecule has 2 rings (SSSR count). The average molecular weight is 261 g/mol. The zero-order valence-electron chi connectivity index (χ0n) is 10.8. The first-order valence-electron chi connectivity index (χ1n) is 6.15. The van der Waals surface area contributed by atoms with Crippen molar-refractivity contribution in [3.63, 3.8) is 0 Å². The Morgan fingerprint density at radius 3 is 2.56 bits per heavy atom. The molecule has 2 aromatic rings. The molecule has 1 aromatic carbocycles. The molecule has 3 heteroatoms. The highest BCUT2D eigenvalue weighted by Crippen LogP contribution is 2.22. The van der Waals surface area contributed by atoms with Crippen LogP contribution >= 0.6 is 11.3 Å². The molecule has 0 aliphatic rings. The monoisotopic (exact) mass is 261 g/mol. The van der Waals surface area contributed by atoms with Crippen molar-refractivity contribution in [2.75, 3.05) is 14.2 Å². The zero-order valence-corrected chi connectivity index (χ0v) is 11.7. The van der Waals surface area contributed by atoms with E-state index in [0.29, 0.717) is 6.04 Å². The molecule has 96 valence electrons. The number of methoxy groups -OCH3 is 1. The molecule has 0 amide bonds. The van der Waals surface area contributed by atoms with E-state index in [1.54, 1.807) is 18.4 Å². The topological polar surface area (TPSA) is 21.3 Å². The van der Waals surface area contributed by atoms with E-state index < -0.39 is 0 Å². The molecule has 0 aliphatic heterocycles. The maximum absolute atomic E-state index is 5.18. The third-order valence-corrected chi connectivity index (χ3v) is 3.90. The van der Waals surface area contributed by atoms with Crippen molar-refractivity contribution in [2.24, 2.45) is 0 Å². The lowest BCUT2D eigenvalue weighted by atomic mass is 10.0. The first-order valence-corrected chi connectivity index (χ1v) is 7.10. The Morgan fingerprint density at radius 2 is 2.00 bits per heavy atom. The molecule has 2 nitrogen and oxygen atoms in total. The number of rotatable bonds is 6. The van der Waals surface area contributed by atoms with Crippen LogP contribution in [0.3, 0.4) is 0 Å². The molecular weight excluding hydrogens is 242 g/mol. The minimum Gasteiger partial charge on any atom is -0.497 e. The van der Waals surface area contributed by atoms with Gasteiger partial charge in [-0.15, -0.1) is 0 Å². The Hall–Kier alpha value is -1.32. The third-order valence-electron chi connectivity index (χ3n) is 3.17. The fourth-order valence-electron chi connectivity index (χ4n) is 2.06. The van der Waals surface area contributed by atoms with E-state index in [-0.39, 0.29) is 0 Å². The van der Waals surface area contributed by atoms with Gasteiger partial charge in [0.05, 0.1) is 7.11 Å². The van der Waals surface area contributed by atoms with Crippen molar-refractivity contribution >= 4 is 11.3 Å². The third kappa shape index (κ3) is 3.34. The number of nitrogens with one attached hydrogen (secondary N) is 1. The van der Waals surface area contributed by atoms with Gasteiger partial charge in [-0.3, -0.25) is 0 Å². The van der Waals surface area contributed by atoms with Gasteiger partial charge in [-0.05, 0) is 60.0 Å². The van der Waals surface area contributed by atoms with Gasteiger partial charge in [0.1, 0.15) is 5.75 Å². The molecule has 0 spiro atoms. The van der Waals surface area contributed by atoms with Crippen molar-refractivity contribution in [2.45, 2.75) is 18.9 Å². The molecule has 0 saturated carbocycles. The standard InChI is InChI=1S/C15H19NOS/c1-16-15(8-3-12-9-10-18-11-12)13-4-6-14(17-2)7-5-13/h4-7,9-11,15-16H,3,8H2,1-2H3. The highest BCUT2D eigenvalue weighted by Gasteiger charge is 2.09. The molecule has 1 unspecified atom stereocenters. The smallest absolute Gasteiger partial charge is 0.118 e. The fraction of sp³-hybridized carbons (Fsp3) is 0.333. The molecule has 1 N–H and O–H groups in total. The molecule has 1 atom stereocenters. The first-order chi connectivity index (χ1) is 8.83. The molecule has 1 heterocycles. The summed E-state index contributed by atoms with van der Waals surface area (Å²) < 4.78 is 5.18. The highest BCUT2D eigenvalue weighted by molar-refractivity contribution is 7.07. The van der Waals surface area contributed by atoms with Crippen LogP contribution in [0.2, 0.25) is 0 Å². The van der Waals surface area contributed by atoms with Crippen LogP contribution in [0.25, 0.3) is 0 Å². The van der Waals surface area contributed by atoms with E-state index in [9.17, 15) is 0 Å². The Labute approximate surface area is 113 Å². The molecule has 0 saturated heterocycles. The molecular formula is C15H19NOS. The Balaban J connectivity index is 1.98. The lowest BCUT2D eigenvalue weighted by Crippen LogP contribution is -2.16. The van der Waals surface area contributed by atoms with Gasteiger partial charge >= 0.3 is 0 Å². The van der Waals surface area contributed by atoms with Crippen LogP contribution in [-0.2, 0) is 6.42 Å². The zero-order chi connectivity index (χ0) is 12.8. The first kappa shape index (κ1) is 13.1. The number of benzene rings is 1. The fourth-order valence-corrected chi connectivity index (χ4v) is 2.76. The van der Waals surface area contributed by atoms with Gasteiger partial charge in [0.2, 0.25) is 0 Å². The quantitative estimate of drug-likeness (QED) is 0.857. The van der Waals surface area contributed by atoms with Crippen molar-refractivity contribution in [1.82, 2.24) is 5.32 Å². The summed E-state index contributed by atoms with van der Waals surface area (Å²) >= 11 is 1.76. The molecule has 18 heavy (non-hydrogen) atoms. The highest BCUT2D eigenvalue weighted by atomic mass is 32.1. The second-order valence-electron chi connectivity index (χ2n) is 4.28. The van der Waals surface area contributed by atoms with Crippen LogP contribution in [0.5, 0.6) is 5.75 Å². The molecule has 0 fully saturated rings. The second-order valence-corrected chi connectivity index (χ2v) is 5.06. The van der Waals surface area contributed by atoms with E-state index >= 15 is 0 Å². The van der Waals surface area contributed by atoms with Gasteiger partial charge < -0.3 is 10.1 Å². The van der Waals surface area contributed by atoms with Crippen LogP contribution in [0.1, 0.15) is 23.6 Å². The van der Waals surface area contributed by atoms with Gasteiger partial charge in [0.25, 0.3) is 0 Å². The molecule has 0 radical (unpaired) electrons. The van der Waals surface area contributed by atoms with Gasteiger partial charge in [0.15, 0.2) is 0 Å². The Morgan fingerprint density at radius 1 is 1.22 bits per heavy atom. The van der Waals surface area contributed by atoms with Crippen molar-refractivity contribution in [3.05, 3.63) is 52.2 Å². The Bertz CT molecular complexity index is 450. The summed E-state index contributed by atoms with van der Waals surface area (Å²) in [5.41, 5.74) is 2.74. The van der Waals surface area contributed by atoms with E-state index in [2.05, 4.69) is 34.3 Å². The number of thiophene rings is 1. The van der Waals surface area contributed by atoms with Crippen LogP contribution in [0, 0.1) is 0 Å². The number of ether oxygens (including phenoxy) is 1. The van der Waals surface area contributed by atoms with Crippen LogP contribution in [0.4, 0.5) is 0 Å². The van der Waals surface area contributed by atoms with E-state index in [1.165, 1.54) is 11.1 Å². The summed E-state index contributed by atoms with van der Waals surface area (Å²) in [4.78, 5) is 0. The average Bonchev–Trinajstić information content (AvgIpc) is 2.93. The second kappa shape index (κ2) is 6.57. The number of hydrogen-bond donors (Lipinski definition) is 1. The summed E-state index contributed by atoms with van der Waals surface area (Å²) in [7, 11) is 3.71. The number of hydrogen-bond acceptors (Lipinski definition) is 3. The van der Waals surface area contributed by atoms with Gasteiger partial charge in [-0.25, -0.2) is 0 Å². The van der Waals surface area contributed by atoms with E-state index in [4.69, 9.17) is 4.74 Å². The lowest BCUT2D eigenvalue weighted by molar-refractivity contribution is 0.414. The van der Waals surface area contributed by atoms with E-state index in [1.807, 2.05) is 19.2 Å². The summed E-state index contributed by atoms with van der Waals surface area (Å²) in [6, 6.07) is 10.9. The molecule has 1 aromatic heterocycles. The van der Waals surface area contributed by atoms with Crippen LogP contribution < -0.4 is 10.1 Å². The van der Waals surface area contributed by atoms with E-state index in [0.717, 1.165) is 18.6 Å². The summed E-state index contributed by atoms with van der Waals surface area (Å²) in [5.74, 6) is 0.909. The number of aryl methyl sites for hydroxylation is 1. The predicted octanol–water partition coefficient (Wildman–Crippen LogP) is 3.65. The largest absolute Gasteiger partial charge is 0.497 e. The summed E-state index contributed by atoms with van der Waals surface area (Å²) in [5, 5.41) is 7.74. The minimum absolute atomic E-state index is 0.399. The van der Waals surface area contributed by atoms with Crippen molar-refractivity contribution in [1.29, 1.82) is 0 Å². The SMILES string of the molecule is CNC(CCc1ccsc1)c1ccc(OC)cc1. The molecule has 0 aliphatic carbocycles.